The van der Waals surface area contributed by atoms with Crippen molar-refractivity contribution < 1.29 is 5.11 Å². The van der Waals surface area contributed by atoms with E-state index in [1.165, 1.54) is 0 Å². The van der Waals surface area contributed by atoms with E-state index < -0.39 is 0 Å². The summed E-state index contributed by atoms with van der Waals surface area (Å²) in [7, 11) is 1.88. The van der Waals surface area contributed by atoms with E-state index in [1.54, 1.807) is 4.68 Å². The van der Waals surface area contributed by atoms with Crippen LogP contribution >= 0.6 is 11.6 Å². The molecule has 1 aromatic rings. The second kappa shape index (κ2) is 3.97. The number of hydrogen-bond donors (Lipinski definition) is 1. The molecule has 0 aromatic carbocycles. The number of halogens is 1. The first kappa shape index (κ1) is 13.9. The van der Waals surface area contributed by atoms with E-state index in [-0.39, 0.29) is 16.9 Å². The van der Waals surface area contributed by atoms with E-state index in [0.717, 1.165) is 11.4 Å². The molecule has 0 radical (unpaired) electrons. The van der Waals surface area contributed by atoms with Gasteiger partial charge in [0.15, 0.2) is 0 Å². The summed E-state index contributed by atoms with van der Waals surface area (Å²) in [5.74, 6) is 0.316. The molecule has 0 spiro atoms. The van der Waals surface area contributed by atoms with Crippen LogP contribution in [0.5, 0.6) is 0 Å². The van der Waals surface area contributed by atoms with E-state index in [2.05, 4.69) is 32.8 Å². The third-order valence-corrected chi connectivity index (χ3v) is 5.67. The minimum Gasteiger partial charge on any atom is -0.392 e. The van der Waals surface area contributed by atoms with Crippen LogP contribution in [0.4, 0.5) is 0 Å². The summed E-state index contributed by atoms with van der Waals surface area (Å²) < 4.78 is 1.78. The van der Waals surface area contributed by atoms with Gasteiger partial charge in [-0.05, 0) is 23.7 Å². The van der Waals surface area contributed by atoms with Gasteiger partial charge in [0.25, 0.3) is 0 Å². The highest BCUT2D eigenvalue weighted by molar-refractivity contribution is 6.31. The van der Waals surface area contributed by atoms with Gasteiger partial charge in [-0.2, -0.15) is 5.10 Å². The average Bonchev–Trinajstić information content (AvgIpc) is 2.51. The Morgan fingerprint density at radius 3 is 2.17 bits per heavy atom. The third kappa shape index (κ3) is 1.79. The van der Waals surface area contributed by atoms with Crippen LogP contribution in [0.2, 0.25) is 5.02 Å². The molecular formula is C14H23ClN2O. The Balaban J connectivity index is 2.17. The lowest BCUT2D eigenvalue weighted by atomic mass is 10.0. The third-order valence-electron chi connectivity index (χ3n) is 5.18. The van der Waals surface area contributed by atoms with Crippen LogP contribution in [0, 0.1) is 23.7 Å². The smallest absolute Gasteiger partial charge is 0.0847 e. The molecule has 1 heterocycles. The molecule has 0 aliphatic heterocycles. The van der Waals surface area contributed by atoms with Crippen molar-refractivity contribution in [1.29, 1.82) is 0 Å². The first-order valence-electron chi connectivity index (χ1n) is 6.46. The second-order valence-corrected chi connectivity index (χ2v) is 7.04. The number of hydrogen-bond acceptors (Lipinski definition) is 2. The topological polar surface area (TPSA) is 38.0 Å². The number of aliphatic hydroxyl groups excluding tert-OH is 1. The van der Waals surface area contributed by atoms with Crippen molar-refractivity contribution in [2.45, 2.75) is 47.1 Å². The molecule has 0 saturated heterocycles. The van der Waals surface area contributed by atoms with E-state index in [1.807, 2.05) is 14.0 Å². The average molecular weight is 271 g/mol. The molecule has 0 bridgehead atoms. The standard InChI is InChI=1S/C14H23ClN2O/c1-8-11(15)9(17(6)16-8)7-10(18)12-13(2,3)14(12,4)5/h10,12,18H,7H2,1-6H3. The van der Waals surface area contributed by atoms with Crippen molar-refractivity contribution in [3.8, 4) is 0 Å². The summed E-state index contributed by atoms with van der Waals surface area (Å²) >= 11 is 6.23. The maximum atomic E-state index is 10.5. The van der Waals surface area contributed by atoms with E-state index in [4.69, 9.17) is 11.6 Å². The highest BCUT2D eigenvalue weighted by atomic mass is 35.5. The first-order chi connectivity index (χ1) is 8.10. The normalized spacial score (nSPS) is 23.1. The lowest BCUT2D eigenvalue weighted by Crippen LogP contribution is -2.19. The highest BCUT2D eigenvalue weighted by Gasteiger charge is 2.67. The Hall–Kier alpha value is -0.540. The van der Waals surface area contributed by atoms with Gasteiger partial charge in [0, 0.05) is 13.5 Å². The van der Waals surface area contributed by atoms with Gasteiger partial charge >= 0.3 is 0 Å². The molecule has 0 amide bonds. The lowest BCUT2D eigenvalue weighted by molar-refractivity contribution is 0.127. The van der Waals surface area contributed by atoms with Crippen LogP contribution in [-0.2, 0) is 13.5 Å². The molecule has 1 aliphatic rings. The fourth-order valence-corrected chi connectivity index (χ4v) is 3.66. The van der Waals surface area contributed by atoms with E-state index in [9.17, 15) is 5.11 Å². The Kier molecular flexibility index (Phi) is 3.07. The fraction of sp³-hybridized carbons (Fsp3) is 0.786. The number of rotatable bonds is 3. The molecule has 1 N–H and O–H groups in total. The van der Waals surface area contributed by atoms with Crippen molar-refractivity contribution >= 4 is 11.6 Å². The predicted molar refractivity (Wildman–Crippen MR) is 73.7 cm³/mol. The Labute approximate surface area is 114 Å². The monoisotopic (exact) mass is 270 g/mol. The highest BCUT2D eigenvalue weighted by Crippen LogP contribution is 2.69. The second-order valence-electron chi connectivity index (χ2n) is 6.66. The molecule has 1 unspecified atom stereocenters. The van der Waals surface area contributed by atoms with Gasteiger partial charge in [-0.1, -0.05) is 39.3 Å². The minimum atomic E-state index is -0.359. The van der Waals surface area contributed by atoms with Crippen molar-refractivity contribution in [3.63, 3.8) is 0 Å². The van der Waals surface area contributed by atoms with Gasteiger partial charge in [0.05, 0.1) is 22.5 Å². The predicted octanol–water partition coefficient (Wildman–Crippen LogP) is 2.97. The molecule has 1 aromatic heterocycles. The largest absolute Gasteiger partial charge is 0.392 e. The van der Waals surface area contributed by atoms with Gasteiger partial charge < -0.3 is 5.11 Å². The van der Waals surface area contributed by atoms with Gasteiger partial charge in [-0.25, -0.2) is 0 Å². The molecule has 1 saturated carbocycles. The molecule has 1 aliphatic carbocycles. The summed E-state index contributed by atoms with van der Waals surface area (Å²) in [6, 6.07) is 0. The van der Waals surface area contributed by atoms with E-state index in [0.29, 0.717) is 17.4 Å². The SMILES string of the molecule is Cc1nn(C)c(CC(O)C2C(C)(C)C2(C)C)c1Cl. The van der Waals surface area contributed by atoms with Crippen molar-refractivity contribution in [2.75, 3.05) is 0 Å². The van der Waals surface area contributed by atoms with Crippen LogP contribution in [-0.4, -0.2) is 21.0 Å². The van der Waals surface area contributed by atoms with Crippen molar-refractivity contribution in [3.05, 3.63) is 16.4 Å². The molecule has 18 heavy (non-hydrogen) atoms. The van der Waals surface area contributed by atoms with Crippen LogP contribution in [0.15, 0.2) is 0 Å². The zero-order chi connectivity index (χ0) is 13.9. The summed E-state index contributed by atoms with van der Waals surface area (Å²) in [5.41, 5.74) is 2.13. The molecule has 2 rings (SSSR count). The summed E-state index contributed by atoms with van der Waals surface area (Å²) in [4.78, 5) is 0. The summed E-state index contributed by atoms with van der Waals surface area (Å²) in [6.07, 6.45) is 0.218. The van der Waals surface area contributed by atoms with Gasteiger partial charge in [0.2, 0.25) is 0 Å². The molecular weight excluding hydrogens is 248 g/mol. The summed E-state index contributed by atoms with van der Waals surface area (Å²) in [5, 5.41) is 15.4. The zero-order valence-electron chi connectivity index (χ0n) is 12.1. The lowest BCUT2D eigenvalue weighted by Gasteiger charge is -2.13. The van der Waals surface area contributed by atoms with E-state index >= 15 is 0 Å². The van der Waals surface area contributed by atoms with Crippen molar-refractivity contribution in [1.82, 2.24) is 9.78 Å². The Morgan fingerprint density at radius 2 is 1.83 bits per heavy atom. The maximum Gasteiger partial charge on any atom is 0.0847 e. The quantitative estimate of drug-likeness (QED) is 0.917. The number of aromatic nitrogens is 2. The zero-order valence-corrected chi connectivity index (χ0v) is 12.8. The number of aliphatic hydroxyl groups is 1. The summed E-state index contributed by atoms with van der Waals surface area (Å²) in [6.45, 7) is 10.8. The number of nitrogens with zero attached hydrogens (tertiary/aromatic N) is 2. The fourth-order valence-electron chi connectivity index (χ4n) is 3.43. The van der Waals surface area contributed by atoms with Gasteiger partial charge in [0.1, 0.15) is 0 Å². The van der Waals surface area contributed by atoms with Crippen LogP contribution in [0.1, 0.15) is 39.1 Å². The molecule has 1 fully saturated rings. The minimum absolute atomic E-state index is 0.187. The Morgan fingerprint density at radius 1 is 1.33 bits per heavy atom. The first-order valence-corrected chi connectivity index (χ1v) is 6.84. The van der Waals surface area contributed by atoms with Crippen LogP contribution in [0.25, 0.3) is 0 Å². The maximum absolute atomic E-state index is 10.5. The number of aryl methyl sites for hydroxylation is 2. The molecule has 4 heteroatoms. The Bertz CT molecular complexity index is 462. The molecule has 102 valence electrons. The van der Waals surface area contributed by atoms with Crippen LogP contribution < -0.4 is 0 Å². The molecule has 1 atom stereocenters. The van der Waals surface area contributed by atoms with Gasteiger partial charge in [-0.15, -0.1) is 0 Å². The molecule has 3 nitrogen and oxygen atoms in total. The van der Waals surface area contributed by atoms with Gasteiger partial charge in [-0.3, -0.25) is 4.68 Å². The van der Waals surface area contributed by atoms with Crippen molar-refractivity contribution in [2.24, 2.45) is 23.8 Å². The van der Waals surface area contributed by atoms with Crippen LogP contribution in [0.3, 0.4) is 0 Å².